The number of rotatable bonds is 2. The van der Waals surface area contributed by atoms with Crippen molar-refractivity contribution < 1.29 is 14.4 Å². The number of amides is 3. The molecule has 1 atom stereocenters. The van der Waals surface area contributed by atoms with Gasteiger partial charge in [0.15, 0.2) is 0 Å². The summed E-state index contributed by atoms with van der Waals surface area (Å²) in [5, 5.41) is 0. The molecule has 94 valence electrons. The molecule has 4 N–H and O–H groups in total. The average Bonchev–Trinajstić information content (AvgIpc) is 2.61. The Bertz CT molecular complexity index is 553. The summed E-state index contributed by atoms with van der Waals surface area (Å²) >= 11 is 0. The number of imide groups is 3. The number of anilines is 1. The molecule has 1 heterocycles. The van der Waals surface area contributed by atoms with Crippen molar-refractivity contribution in [2.75, 3.05) is 12.3 Å². The number of nitrogens with two attached hydrogens (primary N) is 2. The molecule has 1 aliphatic heterocycles. The van der Waals surface area contributed by atoms with Crippen LogP contribution in [0.2, 0.25) is 0 Å². The fourth-order valence-electron chi connectivity index (χ4n) is 1.83. The summed E-state index contributed by atoms with van der Waals surface area (Å²) in [6.07, 6.45) is 0. The second kappa shape index (κ2) is 4.23. The topological polar surface area (TPSA) is 106 Å². The van der Waals surface area contributed by atoms with Crippen LogP contribution >= 0.6 is 0 Å². The second-order valence-corrected chi connectivity index (χ2v) is 4.19. The first-order chi connectivity index (χ1) is 8.49. The minimum atomic E-state index is -0.668. The SMILES string of the molecule is CC(CN)C(=O)N1C(=O)c2cccc(N)c2C1=O. The van der Waals surface area contributed by atoms with Gasteiger partial charge in [0, 0.05) is 18.2 Å². The van der Waals surface area contributed by atoms with Crippen LogP contribution in [-0.4, -0.2) is 29.2 Å². The lowest BCUT2D eigenvalue weighted by Gasteiger charge is -2.15. The van der Waals surface area contributed by atoms with Crippen molar-refractivity contribution in [1.82, 2.24) is 4.90 Å². The third kappa shape index (κ3) is 1.58. The lowest BCUT2D eigenvalue weighted by atomic mass is 10.1. The number of hydrogen-bond donors (Lipinski definition) is 2. The highest BCUT2D eigenvalue weighted by Crippen LogP contribution is 2.28. The van der Waals surface area contributed by atoms with Gasteiger partial charge < -0.3 is 11.5 Å². The largest absolute Gasteiger partial charge is 0.398 e. The molecule has 0 radical (unpaired) electrons. The van der Waals surface area contributed by atoms with Crippen LogP contribution in [0.15, 0.2) is 18.2 Å². The number of nitrogen functional groups attached to an aromatic ring is 1. The minimum Gasteiger partial charge on any atom is -0.398 e. The standard InChI is InChI=1S/C12H13N3O3/c1-6(5-13)10(16)15-11(17)7-3-2-4-8(14)9(7)12(15)18/h2-4,6H,5,13-14H2,1H3. The van der Waals surface area contributed by atoms with Crippen molar-refractivity contribution in [2.45, 2.75) is 6.92 Å². The number of carbonyl (C=O) groups is 3. The molecule has 18 heavy (non-hydrogen) atoms. The van der Waals surface area contributed by atoms with Gasteiger partial charge in [-0.05, 0) is 12.1 Å². The third-order valence-corrected chi connectivity index (χ3v) is 2.94. The number of hydrogen-bond acceptors (Lipinski definition) is 5. The van der Waals surface area contributed by atoms with Crippen molar-refractivity contribution in [1.29, 1.82) is 0 Å². The summed E-state index contributed by atoms with van der Waals surface area (Å²) in [4.78, 5) is 36.6. The Morgan fingerprint density at radius 2 is 2.00 bits per heavy atom. The predicted octanol–water partition coefficient (Wildman–Crippen LogP) is -0.0138. The summed E-state index contributed by atoms with van der Waals surface area (Å²) < 4.78 is 0. The summed E-state index contributed by atoms with van der Waals surface area (Å²) in [6.45, 7) is 1.64. The molecule has 0 spiro atoms. The van der Waals surface area contributed by atoms with E-state index in [0.717, 1.165) is 0 Å². The zero-order valence-corrected chi connectivity index (χ0v) is 9.84. The van der Waals surface area contributed by atoms with Gasteiger partial charge in [0.05, 0.1) is 11.1 Å². The van der Waals surface area contributed by atoms with Gasteiger partial charge in [-0.1, -0.05) is 13.0 Å². The van der Waals surface area contributed by atoms with Crippen LogP contribution in [0, 0.1) is 5.92 Å². The molecular formula is C12H13N3O3. The van der Waals surface area contributed by atoms with Crippen molar-refractivity contribution in [2.24, 2.45) is 11.7 Å². The van der Waals surface area contributed by atoms with Crippen molar-refractivity contribution >= 4 is 23.4 Å². The summed E-state index contributed by atoms with van der Waals surface area (Å²) in [5.74, 6) is -2.48. The van der Waals surface area contributed by atoms with Crippen LogP contribution in [0.3, 0.4) is 0 Å². The zero-order valence-electron chi connectivity index (χ0n) is 9.84. The van der Waals surface area contributed by atoms with E-state index in [1.165, 1.54) is 12.1 Å². The maximum atomic E-state index is 12.1. The smallest absolute Gasteiger partial charge is 0.270 e. The molecule has 6 heteroatoms. The van der Waals surface area contributed by atoms with Gasteiger partial charge in [-0.25, -0.2) is 4.90 Å². The van der Waals surface area contributed by atoms with Crippen LogP contribution in [0.25, 0.3) is 0 Å². The van der Waals surface area contributed by atoms with E-state index in [9.17, 15) is 14.4 Å². The molecule has 1 aromatic rings. The molecule has 3 amide bonds. The molecule has 0 bridgehead atoms. The Morgan fingerprint density at radius 1 is 1.33 bits per heavy atom. The molecule has 1 aromatic carbocycles. The predicted molar refractivity (Wildman–Crippen MR) is 64.6 cm³/mol. The van der Waals surface area contributed by atoms with E-state index in [2.05, 4.69) is 0 Å². The van der Waals surface area contributed by atoms with Crippen molar-refractivity contribution in [3.05, 3.63) is 29.3 Å². The monoisotopic (exact) mass is 247 g/mol. The summed E-state index contributed by atoms with van der Waals surface area (Å²) in [5.41, 5.74) is 11.5. The minimum absolute atomic E-state index is 0.0712. The van der Waals surface area contributed by atoms with Crippen LogP contribution < -0.4 is 11.5 Å². The van der Waals surface area contributed by atoms with Crippen LogP contribution in [0.1, 0.15) is 27.6 Å². The number of fused-ring (bicyclic) bond motifs is 1. The molecular weight excluding hydrogens is 234 g/mol. The molecule has 0 saturated carbocycles. The van der Waals surface area contributed by atoms with Crippen LogP contribution in [0.4, 0.5) is 5.69 Å². The van der Waals surface area contributed by atoms with E-state index in [1.807, 2.05) is 0 Å². The van der Waals surface area contributed by atoms with Crippen LogP contribution in [-0.2, 0) is 4.79 Å². The van der Waals surface area contributed by atoms with Gasteiger partial charge in [-0.15, -0.1) is 0 Å². The second-order valence-electron chi connectivity index (χ2n) is 4.19. The van der Waals surface area contributed by atoms with Gasteiger partial charge in [0.1, 0.15) is 0 Å². The van der Waals surface area contributed by atoms with Gasteiger partial charge in [0.25, 0.3) is 11.8 Å². The van der Waals surface area contributed by atoms with E-state index < -0.39 is 23.6 Å². The quantitative estimate of drug-likeness (QED) is 0.564. The maximum absolute atomic E-state index is 12.1. The average molecular weight is 247 g/mol. The normalized spacial score (nSPS) is 15.8. The van der Waals surface area contributed by atoms with E-state index in [0.29, 0.717) is 4.90 Å². The molecule has 0 aromatic heterocycles. The Morgan fingerprint density at radius 3 is 2.56 bits per heavy atom. The summed E-state index contributed by atoms with van der Waals surface area (Å²) in [6, 6.07) is 4.57. The highest BCUT2D eigenvalue weighted by molar-refractivity contribution is 6.30. The maximum Gasteiger partial charge on any atom is 0.270 e. The van der Waals surface area contributed by atoms with Gasteiger partial charge in [-0.2, -0.15) is 0 Å². The first kappa shape index (κ1) is 12.3. The molecule has 0 fully saturated rings. The number of benzene rings is 1. The van der Waals surface area contributed by atoms with Gasteiger partial charge >= 0.3 is 0 Å². The first-order valence-electron chi connectivity index (χ1n) is 5.50. The fraction of sp³-hybridized carbons (Fsp3) is 0.250. The van der Waals surface area contributed by atoms with Gasteiger partial charge in [-0.3, -0.25) is 14.4 Å². The number of carbonyl (C=O) groups excluding carboxylic acids is 3. The third-order valence-electron chi connectivity index (χ3n) is 2.94. The van der Waals surface area contributed by atoms with Crippen LogP contribution in [0.5, 0.6) is 0 Å². The molecule has 6 nitrogen and oxygen atoms in total. The Hall–Kier alpha value is -2.21. The van der Waals surface area contributed by atoms with Crippen molar-refractivity contribution in [3.63, 3.8) is 0 Å². The highest BCUT2D eigenvalue weighted by atomic mass is 16.2. The Balaban J connectivity index is 2.47. The molecule has 2 rings (SSSR count). The van der Waals surface area contributed by atoms with Gasteiger partial charge in [0.2, 0.25) is 5.91 Å². The van der Waals surface area contributed by atoms with E-state index in [1.54, 1.807) is 13.0 Å². The molecule has 1 unspecified atom stereocenters. The summed E-state index contributed by atoms with van der Waals surface area (Å²) in [7, 11) is 0. The first-order valence-corrected chi connectivity index (χ1v) is 5.50. The fourth-order valence-corrected chi connectivity index (χ4v) is 1.83. The Kier molecular flexibility index (Phi) is 2.88. The number of nitrogens with zero attached hydrogens (tertiary/aromatic N) is 1. The molecule has 1 aliphatic rings. The van der Waals surface area contributed by atoms with Crippen molar-refractivity contribution in [3.8, 4) is 0 Å². The lowest BCUT2D eigenvalue weighted by molar-refractivity contribution is -0.129. The highest BCUT2D eigenvalue weighted by Gasteiger charge is 2.42. The van der Waals surface area contributed by atoms with E-state index in [4.69, 9.17) is 11.5 Å². The molecule has 0 saturated heterocycles. The lowest BCUT2D eigenvalue weighted by Crippen LogP contribution is -2.41. The Labute approximate surface area is 104 Å². The molecule has 0 aliphatic carbocycles. The zero-order chi connectivity index (χ0) is 13.4. The van der Waals surface area contributed by atoms with E-state index in [-0.39, 0.29) is 23.4 Å². The van der Waals surface area contributed by atoms with E-state index >= 15 is 0 Å².